The van der Waals surface area contributed by atoms with Gasteiger partial charge in [-0.05, 0) is 29.5 Å². The van der Waals surface area contributed by atoms with Crippen LogP contribution in [0, 0.1) is 0 Å². The van der Waals surface area contributed by atoms with Gasteiger partial charge in [-0.1, -0.05) is 15.9 Å². The fourth-order valence-corrected chi connectivity index (χ4v) is 2.42. The summed E-state index contributed by atoms with van der Waals surface area (Å²) in [7, 11) is 0. The van der Waals surface area contributed by atoms with Crippen molar-refractivity contribution in [1.82, 2.24) is 25.3 Å². The van der Waals surface area contributed by atoms with Gasteiger partial charge in [0.1, 0.15) is 0 Å². The van der Waals surface area contributed by atoms with Gasteiger partial charge < -0.3 is 9.64 Å². The molecule has 0 saturated carbocycles. The van der Waals surface area contributed by atoms with Crippen molar-refractivity contribution in [2.45, 2.75) is 19.1 Å². The predicted octanol–water partition coefficient (Wildman–Crippen LogP) is 0.508. The number of hydrogen-bond donors (Lipinski definition) is 0. The number of anilines is 1. The van der Waals surface area contributed by atoms with E-state index in [1.54, 1.807) is 0 Å². The minimum absolute atomic E-state index is 0.188. The zero-order valence-electron chi connectivity index (χ0n) is 9.90. The summed E-state index contributed by atoms with van der Waals surface area (Å²) in [6.45, 7) is 3.63. The summed E-state index contributed by atoms with van der Waals surface area (Å²) in [5.74, 6) is 0.872. The Labute approximate surface area is 112 Å². The number of hydrogen-bond acceptors (Lipinski definition) is 6. The first-order valence-corrected chi connectivity index (χ1v) is 6.89. The summed E-state index contributed by atoms with van der Waals surface area (Å²) in [5.41, 5.74) is 0.650. The molecule has 1 aliphatic heterocycles. The molecule has 0 aromatic carbocycles. The molecule has 0 bridgehead atoms. The van der Waals surface area contributed by atoms with Crippen LogP contribution in [-0.2, 0) is 4.74 Å². The van der Waals surface area contributed by atoms with Crippen LogP contribution in [0.4, 0.5) is 5.82 Å². The molecule has 2 unspecified atom stereocenters. The highest BCUT2D eigenvalue weighted by molar-refractivity contribution is 9.09. The van der Waals surface area contributed by atoms with E-state index in [4.69, 9.17) is 4.74 Å². The zero-order valence-corrected chi connectivity index (χ0v) is 11.5. The van der Waals surface area contributed by atoms with Crippen molar-refractivity contribution in [1.29, 1.82) is 0 Å². The highest BCUT2D eigenvalue weighted by atomic mass is 79.9. The van der Waals surface area contributed by atoms with E-state index < -0.39 is 0 Å². The Morgan fingerprint density at radius 3 is 3.22 bits per heavy atom. The number of morpholine rings is 1. The summed E-state index contributed by atoms with van der Waals surface area (Å²) >= 11 is 3.45. The molecular weight excluding hydrogens is 300 g/mol. The highest BCUT2D eigenvalue weighted by Gasteiger charge is 2.26. The van der Waals surface area contributed by atoms with Crippen LogP contribution >= 0.6 is 15.9 Å². The van der Waals surface area contributed by atoms with Gasteiger partial charge in [-0.3, -0.25) is 0 Å². The summed E-state index contributed by atoms with van der Waals surface area (Å²) in [5, 5.41) is 16.5. The maximum atomic E-state index is 5.70. The van der Waals surface area contributed by atoms with Crippen molar-refractivity contribution in [3.05, 3.63) is 12.1 Å². The third-order valence-corrected chi connectivity index (χ3v) is 3.75. The van der Waals surface area contributed by atoms with Crippen molar-refractivity contribution in [3.8, 4) is 0 Å². The molecule has 8 heteroatoms. The van der Waals surface area contributed by atoms with Crippen LogP contribution in [0.1, 0.15) is 6.92 Å². The second-order valence-electron chi connectivity index (χ2n) is 4.33. The molecule has 0 radical (unpaired) electrons. The summed E-state index contributed by atoms with van der Waals surface area (Å²) in [6.07, 6.45) is 0.188. The molecule has 7 nitrogen and oxygen atoms in total. The lowest BCUT2D eigenvalue weighted by molar-refractivity contribution is 0.0375. The van der Waals surface area contributed by atoms with E-state index in [0.29, 0.717) is 18.3 Å². The SMILES string of the molecule is CC1COC(CBr)CN1c1ccc2nnnn2n1. The van der Waals surface area contributed by atoms with Crippen molar-refractivity contribution in [3.63, 3.8) is 0 Å². The van der Waals surface area contributed by atoms with E-state index in [1.165, 1.54) is 4.63 Å². The summed E-state index contributed by atoms with van der Waals surface area (Å²) in [6, 6.07) is 4.11. The van der Waals surface area contributed by atoms with E-state index in [9.17, 15) is 0 Å². The Morgan fingerprint density at radius 1 is 1.50 bits per heavy atom. The molecule has 1 saturated heterocycles. The number of rotatable bonds is 2. The number of aromatic nitrogens is 5. The van der Waals surface area contributed by atoms with E-state index in [2.05, 4.69) is 48.4 Å². The van der Waals surface area contributed by atoms with Crippen molar-refractivity contribution in [2.75, 3.05) is 23.4 Å². The first-order chi connectivity index (χ1) is 8.78. The lowest BCUT2D eigenvalue weighted by Crippen LogP contribution is -2.49. The molecule has 2 aromatic heterocycles. The van der Waals surface area contributed by atoms with Crippen molar-refractivity contribution < 1.29 is 4.74 Å². The van der Waals surface area contributed by atoms with Crippen molar-refractivity contribution >= 4 is 27.4 Å². The molecule has 96 valence electrons. The average molecular weight is 313 g/mol. The zero-order chi connectivity index (χ0) is 12.5. The smallest absolute Gasteiger partial charge is 0.200 e. The van der Waals surface area contributed by atoms with Crippen LogP contribution in [0.5, 0.6) is 0 Å². The van der Waals surface area contributed by atoms with Gasteiger partial charge >= 0.3 is 0 Å². The van der Waals surface area contributed by atoms with Crippen LogP contribution in [0.25, 0.3) is 5.65 Å². The molecule has 2 aromatic rings. The van der Waals surface area contributed by atoms with Crippen LogP contribution in [0.3, 0.4) is 0 Å². The van der Waals surface area contributed by atoms with E-state index >= 15 is 0 Å². The Morgan fingerprint density at radius 2 is 2.39 bits per heavy atom. The van der Waals surface area contributed by atoms with Gasteiger partial charge in [0.25, 0.3) is 0 Å². The quantitative estimate of drug-likeness (QED) is 0.753. The fourth-order valence-electron chi connectivity index (χ4n) is 2.02. The summed E-state index contributed by atoms with van der Waals surface area (Å²) < 4.78 is 7.15. The van der Waals surface area contributed by atoms with E-state index in [0.717, 1.165) is 17.7 Å². The molecule has 0 N–H and O–H groups in total. The lowest BCUT2D eigenvalue weighted by atomic mass is 10.2. The average Bonchev–Trinajstić information content (AvgIpc) is 2.86. The standard InChI is InChI=1S/C10H13BrN6O/c1-7-6-18-8(4-11)5-16(7)10-3-2-9-12-14-15-17(9)13-10/h2-3,7-8H,4-6H2,1H3. The molecule has 0 amide bonds. The third-order valence-electron chi connectivity index (χ3n) is 3.03. The van der Waals surface area contributed by atoms with E-state index in [-0.39, 0.29) is 6.10 Å². The minimum atomic E-state index is 0.188. The normalized spacial score (nSPS) is 24.7. The molecule has 3 heterocycles. The third kappa shape index (κ3) is 2.05. The number of alkyl halides is 1. The molecule has 2 atom stereocenters. The van der Waals surface area contributed by atoms with Crippen LogP contribution in [0.2, 0.25) is 0 Å². The highest BCUT2D eigenvalue weighted by Crippen LogP contribution is 2.20. The molecular formula is C10H13BrN6O. The second-order valence-corrected chi connectivity index (χ2v) is 4.98. The van der Waals surface area contributed by atoms with Gasteiger partial charge in [0, 0.05) is 11.9 Å². The largest absolute Gasteiger partial charge is 0.373 e. The van der Waals surface area contributed by atoms with Gasteiger partial charge in [-0.15, -0.1) is 14.8 Å². The predicted molar refractivity (Wildman–Crippen MR) is 68.9 cm³/mol. The molecule has 3 rings (SSSR count). The second kappa shape index (κ2) is 4.77. The molecule has 0 aliphatic carbocycles. The Balaban J connectivity index is 1.91. The molecule has 1 fully saturated rings. The maximum Gasteiger partial charge on any atom is 0.200 e. The van der Waals surface area contributed by atoms with Gasteiger partial charge in [-0.25, -0.2) is 0 Å². The topological polar surface area (TPSA) is 68.4 Å². The number of nitrogens with zero attached hydrogens (tertiary/aromatic N) is 6. The van der Waals surface area contributed by atoms with Gasteiger partial charge in [0.15, 0.2) is 11.5 Å². The fraction of sp³-hybridized carbons (Fsp3) is 0.600. The Bertz CT molecular complexity index is 546. The number of tetrazole rings is 1. The monoisotopic (exact) mass is 312 g/mol. The Hall–Kier alpha value is -1.28. The molecule has 1 aliphatic rings. The van der Waals surface area contributed by atoms with Crippen LogP contribution < -0.4 is 4.90 Å². The molecule has 18 heavy (non-hydrogen) atoms. The van der Waals surface area contributed by atoms with Crippen LogP contribution in [0.15, 0.2) is 12.1 Å². The van der Waals surface area contributed by atoms with Crippen molar-refractivity contribution in [2.24, 2.45) is 0 Å². The number of fused-ring (bicyclic) bond motifs is 1. The maximum absolute atomic E-state index is 5.70. The van der Waals surface area contributed by atoms with Gasteiger partial charge in [-0.2, -0.15) is 0 Å². The van der Waals surface area contributed by atoms with E-state index in [1.807, 2.05) is 12.1 Å². The number of ether oxygens (including phenoxy) is 1. The lowest BCUT2D eigenvalue weighted by Gasteiger charge is -2.38. The first kappa shape index (κ1) is 11.8. The molecule has 0 spiro atoms. The van der Waals surface area contributed by atoms with Gasteiger partial charge in [0.05, 0.1) is 18.8 Å². The number of halogens is 1. The summed E-state index contributed by atoms with van der Waals surface area (Å²) in [4.78, 5) is 2.22. The van der Waals surface area contributed by atoms with Gasteiger partial charge in [0.2, 0.25) is 0 Å². The Kier molecular flexibility index (Phi) is 3.13. The van der Waals surface area contributed by atoms with Crippen LogP contribution in [-0.4, -0.2) is 55.9 Å². The minimum Gasteiger partial charge on any atom is -0.373 e. The first-order valence-electron chi connectivity index (χ1n) is 5.77.